The highest BCUT2D eigenvalue weighted by molar-refractivity contribution is 6.12. The second-order valence-corrected chi connectivity index (χ2v) is 9.96. The molecule has 0 radical (unpaired) electrons. The van der Waals surface area contributed by atoms with Crippen LogP contribution in [0.3, 0.4) is 0 Å². The van der Waals surface area contributed by atoms with Crippen LogP contribution in [0.2, 0.25) is 0 Å². The minimum absolute atomic E-state index is 0.0410. The lowest BCUT2D eigenvalue weighted by Crippen LogP contribution is -2.41. The maximum Gasteiger partial charge on any atom is 0.408 e. The topological polar surface area (TPSA) is 117 Å². The van der Waals surface area contributed by atoms with Gasteiger partial charge in [0.05, 0.1) is 22.6 Å². The fourth-order valence-corrected chi connectivity index (χ4v) is 5.09. The van der Waals surface area contributed by atoms with Gasteiger partial charge in [0.25, 0.3) is 5.69 Å². The van der Waals surface area contributed by atoms with Gasteiger partial charge in [0.15, 0.2) is 5.78 Å². The number of nitrogens with zero attached hydrogens (tertiary/aromatic N) is 2. The van der Waals surface area contributed by atoms with Gasteiger partial charge >= 0.3 is 6.09 Å². The highest BCUT2D eigenvalue weighted by atomic mass is 16.6. The molecule has 34 heavy (non-hydrogen) atoms. The van der Waals surface area contributed by atoms with Gasteiger partial charge in [-0.2, -0.15) is 0 Å². The van der Waals surface area contributed by atoms with Crippen LogP contribution < -0.4 is 21.1 Å². The molecule has 0 aromatic heterocycles. The molecule has 2 aliphatic carbocycles. The van der Waals surface area contributed by atoms with Crippen LogP contribution in [0.4, 0.5) is 10.5 Å². The molecule has 2 heterocycles. The Kier molecular flexibility index (Phi) is 5.22. The molecule has 0 bridgehead atoms. The minimum Gasteiger partial charge on any atom is -0.444 e. The Morgan fingerprint density at radius 1 is 1.18 bits per heavy atom. The van der Waals surface area contributed by atoms with E-state index in [0.717, 1.165) is 68.8 Å². The molecule has 9 heteroatoms. The minimum atomic E-state index is -0.667. The van der Waals surface area contributed by atoms with Crippen LogP contribution in [0, 0.1) is 4.91 Å². The summed E-state index contributed by atoms with van der Waals surface area (Å²) in [5.74, 6) is -0.427. The number of ketones is 1. The highest BCUT2D eigenvalue weighted by Gasteiger charge is 2.45. The lowest BCUT2D eigenvalue weighted by atomic mass is 9.88. The zero-order valence-electron chi connectivity index (χ0n) is 19.5. The number of fused-ring (bicyclic) bond motifs is 7. The van der Waals surface area contributed by atoms with E-state index in [-0.39, 0.29) is 31.2 Å². The number of nitrogens with one attached hydrogen (secondary N) is 2. The van der Waals surface area contributed by atoms with Crippen LogP contribution in [0.1, 0.15) is 63.1 Å². The summed E-state index contributed by atoms with van der Waals surface area (Å²) in [6, 6.07) is 0. The van der Waals surface area contributed by atoms with Gasteiger partial charge in [-0.25, -0.2) is 4.79 Å². The van der Waals surface area contributed by atoms with Crippen molar-refractivity contribution in [1.29, 1.82) is 0 Å². The lowest BCUT2D eigenvalue weighted by molar-refractivity contribution is -0.406. The van der Waals surface area contributed by atoms with Crippen molar-refractivity contribution in [2.24, 2.45) is 4.99 Å². The van der Waals surface area contributed by atoms with Crippen molar-refractivity contribution in [2.45, 2.75) is 58.5 Å². The fourth-order valence-electron chi connectivity index (χ4n) is 5.09. The third-order valence-corrected chi connectivity index (χ3v) is 6.38. The normalized spacial score (nSPS) is 17.8. The predicted octanol–water partition coefficient (Wildman–Crippen LogP) is 1.48. The molecule has 0 spiro atoms. The Morgan fingerprint density at radius 3 is 2.71 bits per heavy atom. The quantitative estimate of drug-likeness (QED) is 0.656. The van der Waals surface area contributed by atoms with Gasteiger partial charge in [0.2, 0.25) is 11.6 Å². The van der Waals surface area contributed by atoms with E-state index in [4.69, 9.17) is 4.74 Å². The molecule has 0 saturated carbocycles. The smallest absolute Gasteiger partial charge is 0.408 e. The van der Waals surface area contributed by atoms with Crippen LogP contribution >= 0.6 is 0 Å². The number of carbonyl (C=O) groups excluding carboxylic acids is 3. The summed E-state index contributed by atoms with van der Waals surface area (Å²) < 4.78 is 6.17. The zero-order valence-corrected chi connectivity index (χ0v) is 19.5. The number of ether oxygens (including phenoxy) is 1. The molecule has 0 saturated heterocycles. The molecule has 9 nitrogen and oxygen atoms in total. The summed E-state index contributed by atoms with van der Waals surface area (Å²) in [5.41, 5.74) is 4.95. The van der Waals surface area contributed by atoms with Crippen LogP contribution in [-0.2, 0) is 20.7 Å². The van der Waals surface area contributed by atoms with Gasteiger partial charge in [-0.3, -0.25) is 14.6 Å². The first kappa shape index (κ1) is 22.2. The summed E-state index contributed by atoms with van der Waals surface area (Å²) in [5, 5.41) is 6.75. The van der Waals surface area contributed by atoms with E-state index in [1.807, 2.05) is 0 Å². The number of alkyl carbamates (subject to hydrolysis) is 1. The average Bonchev–Trinajstić information content (AvgIpc) is 3.43. The molecule has 5 rings (SSSR count). The first-order valence-corrected chi connectivity index (χ1v) is 11.6. The molecule has 1 aromatic rings. The lowest BCUT2D eigenvalue weighted by Gasteiger charge is -2.19. The Balaban J connectivity index is 1.45. The molecular weight excluding hydrogens is 436 g/mol. The summed E-state index contributed by atoms with van der Waals surface area (Å²) in [7, 11) is 0. The number of benzene rings is 1. The number of rotatable bonds is 4. The maximum absolute atomic E-state index is 13.2. The summed E-state index contributed by atoms with van der Waals surface area (Å²) in [4.78, 5) is 54.2. The molecule has 176 valence electrons. The van der Waals surface area contributed by atoms with Crippen molar-refractivity contribution < 1.29 is 23.9 Å². The fraction of sp³-hybridized carbons (Fsp3) is 0.440. The Labute approximate surface area is 196 Å². The first-order valence-electron chi connectivity index (χ1n) is 11.6. The second-order valence-electron chi connectivity index (χ2n) is 9.96. The van der Waals surface area contributed by atoms with Gasteiger partial charge < -0.3 is 15.4 Å². The summed E-state index contributed by atoms with van der Waals surface area (Å²) in [6.07, 6.45) is 6.43. The molecule has 4 aliphatic rings. The number of amides is 2. The van der Waals surface area contributed by atoms with Gasteiger partial charge in [0.1, 0.15) is 12.1 Å². The van der Waals surface area contributed by atoms with Crippen molar-refractivity contribution in [3.05, 3.63) is 37.7 Å². The number of hydrogen-bond acceptors (Lipinski definition) is 6. The van der Waals surface area contributed by atoms with E-state index in [2.05, 4.69) is 15.6 Å². The maximum atomic E-state index is 13.2. The number of allylic oxidation sites excluding steroid dienone is 2. The summed E-state index contributed by atoms with van der Waals surface area (Å²) >= 11 is 0. The van der Waals surface area contributed by atoms with Gasteiger partial charge in [-0.15, -0.1) is 0 Å². The van der Waals surface area contributed by atoms with Gasteiger partial charge in [-0.05, 0) is 51.3 Å². The first-order chi connectivity index (χ1) is 16.1. The van der Waals surface area contributed by atoms with Gasteiger partial charge in [0, 0.05) is 45.9 Å². The number of carbonyl (C=O) groups is 3. The van der Waals surface area contributed by atoms with Crippen molar-refractivity contribution >= 4 is 47.0 Å². The van der Waals surface area contributed by atoms with Crippen molar-refractivity contribution in [2.75, 3.05) is 13.1 Å². The van der Waals surface area contributed by atoms with E-state index in [1.54, 1.807) is 33.1 Å². The number of aliphatic imine (C=N–C) groups is 1. The number of nitroso groups, excluding NO2 is 1. The van der Waals surface area contributed by atoms with E-state index in [9.17, 15) is 19.3 Å². The molecule has 2 aliphatic heterocycles. The van der Waals surface area contributed by atoms with Crippen LogP contribution in [0.25, 0.3) is 17.3 Å². The standard InChI is InChI=1S/C25H26N4O5/c1-25(2,3)34-24(32)28-12-20(31)27-11-18-21-15-8-13(30)9-16(15)23-22(17(21)10-26-18)14-6-4-5-7-19(14)29(23)33/h8,10H,4-7,9,11-12H2,1-3H3,(H-,27,28,31,32)/p+1. The number of hydrogen-bond donors (Lipinski definition) is 2. The zero-order chi connectivity index (χ0) is 24.2. The van der Waals surface area contributed by atoms with Gasteiger partial charge in [-0.1, -0.05) is 0 Å². The summed E-state index contributed by atoms with van der Waals surface area (Å²) in [6.45, 7) is 5.14. The van der Waals surface area contributed by atoms with E-state index < -0.39 is 11.7 Å². The molecule has 0 fully saturated rings. The van der Waals surface area contributed by atoms with E-state index in [0.29, 0.717) is 11.4 Å². The third kappa shape index (κ3) is 3.74. The Bertz CT molecular complexity index is 1360. The highest BCUT2D eigenvalue weighted by Crippen LogP contribution is 2.47. The molecule has 2 N–H and O–H groups in total. The second kappa shape index (κ2) is 8.00. The van der Waals surface area contributed by atoms with Crippen LogP contribution in [-0.4, -0.2) is 47.4 Å². The van der Waals surface area contributed by atoms with Crippen molar-refractivity contribution in [1.82, 2.24) is 10.6 Å². The van der Waals surface area contributed by atoms with Crippen molar-refractivity contribution in [3.8, 4) is 0 Å². The van der Waals surface area contributed by atoms with E-state index in [1.165, 1.54) is 0 Å². The van der Waals surface area contributed by atoms with Crippen molar-refractivity contribution in [3.63, 3.8) is 0 Å². The molecular formula is C25H27N4O5+. The Morgan fingerprint density at radius 2 is 1.94 bits per heavy atom. The SMILES string of the molecule is CC(C)(C)OC(=O)NCC(=O)NCC1=c2c(c3c(c4c2=CC(=O)C4)[N+](=O)C2=C3CCCC2)C=N1. The van der Waals surface area contributed by atoms with E-state index >= 15 is 0 Å². The molecule has 1 aromatic carbocycles. The molecule has 2 amide bonds. The monoisotopic (exact) mass is 463 g/mol. The van der Waals surface area contributed by atoms with Crippen LogP contribution in [0.5, 0.6) is 0 Å². The molecule has 0 atom stereocenters. The average molecular weight is 464 g/mol. The third-order valence-electron chi connectivity index (χ3n) is 6.38. The number of Topliss-reactive ketones (excluding diaryl/α,β-unsaturated/α-hetero) is 1. The Hall–Kier alpha value is -3.62. The largest absolute Gasteiger partial charge is 0.444 e. The van der Waals surface area contributed by atoms with Crippen LogP contribution in [0.15, 0.2) is 10.7 Å². The predicted molar refractivity (Wildman–Crippen MR) is 126 cm³/mol. The molecule has 0 unspecified atom stereocenters.